The molecule has 5 nitrogen and oxygen atoms in total. The van der Waals surface area contributed by atoms with Crippen molar-refractivity contribution < 1.29 is 14.7 Å². The van der Waals surface area contributed by atoms with Crippen LogP contribution in [0.3, 0.4) is 0 Å². The van der Waals surface area contributed by atoms with Crippen LogP contribution in [0.15, 0.2) is 18.2 Å². The van der Waals surface area contributed by atoms with Gasteiger partial charge in [0.2, 0.25) is 5.91 Å². The van der Waals surface area contributed by atoms with E-state index in [-0.39, 0.29) is 17.2 Å². The Labute approximate surface area is 142 Å². The summed E-state index contributed by atoms with van der Waals surface area (Å²) in [5.74, 6) is 0.245. The van der Waals surface area contributed by atoms with Gasteiger partial charge in [-0.1, -0.05) is 19.9 Å². The van der Waals surface area contributed by atoms with Gasteiger partial charge < -0.3 is 15.7 Å². The summed E-state index contributed by atoms with van der Waals surface area (Å²) in [6, 6.07) is 5.67. The number of aliphatic hydroxyl groups is 1. The van der Waals surface area contributed by atoms with Crippen LogP contribution < -0.4 is 10.6 Å². The summed E-state index contributed by atoms with van der Waals surface area (Å²) in [5.41, 5.74) is 2.64. The van der Waals surface area contributed by atoms with Crippen molar-refractivity contribution in [1.82, 2.24) is 10.6 Å². The van der Waals surface area contributed by atoms with Crippen LogP contribution in [0.2, 0.25) is 0 Å². The van der Waals surface area contributed by atoms with Crippen molar-refractivity contribution >= 4 is 11.8 Å². The molecule has 2 amide bonds. The second kappa shape index (κ2) is 6.55. The highest BCUT2D eigenvalue weighted by atomic mass is 16.3. The zero-order valence-corrected chi connectivity index (χ0v) is 14.4. The van der Waals surface area contributed by atoms with Gasteiger partial charge in [-0.15, -0.1) is 0 Å². The molecular weight excluding hydrogens is 304 g/mol. The van der Waals surface area contributed by atoms with E-state index >= 15 is 0 Å². The topological polar surface area (TPSA) is 78.4 Å². The van der Waals surface area contributed by atoms with E-state index in [0.717, 1.165) is 43.4 Å². The second-order valence-electron chi connectivity index (χ2n) is 7.57. The molecule has 3 rings (SSSR count). The summed E-state index contributed by atoms with van der Waals surface area (Å²) in [5, 5.41) is 15.5. The van der Waals surface area contributed by atoms with Crippen molar-refractivity contribution in [3.05, 3.63) is 34.9 Å². The quantitative estimate of drug-likeness (QED) is 0.736. The van der Waals surface area contributed by atoms with Gasteiger partial charge in [-0.05, 0) is 61.3 Å². The largest absolute Gasteiger partial charge is 0.374 e. The van der Waals surface area contributed by atoms with Crippen LogP contribution in [0.4, 0.5) is 0 Å². The Hall–Kier alpha value is -1.88. The molecule has 2 atom stereocenters. The van der Waals surface area contributed by atoms with Crippen LogP contribution in [0.1, 0.15) is 54.6 Å². The smallest absolute Gasteiger partial charge is 0.253 e. The van der Waals surface area contributed by atoms with Gasteiger partial charge in [-0.3, -0.25) is 9.59 Å². The molecule has 1 aliphatic heterocycles. The van der Waals surface area contributed by atoms with Gasteiger partial charge in [0.05, 0.1) is 5.41 Å². The fourth-order valence-corrected chi connectivity index (χ4v) is 3.86. The van der Waals surface area contributed by atoms with E-state index in [1.54, 1.807) is 6.07 Å². The van der Waals surface area contributed by atoms with E-state index in [1.165, 1.54) is 0 Å². The minimum atomic E-state index is -0.820. The molecule has 130 valence electrons. The Balaban J connectivity index is 1.71. The Morgan fingerprint density at radius 1 is 1.33 bits per heavy atom. The van der Waals surface area contributed by atoms with Crippen molar-refractivity contribution in [1.29, 1.82) is 0 Å². The third kappa shape index (κ3) is 3.31. The average Bonchev–Trinajstić information content (AvgIpc) is 2.86. The van der Waals surface area contributed by atoms with E-state index in [1.807, 2.05) is 26.0 Å². The first-order valence-corrected chi connectivity index (χ1v) is 8.79. The lowest BCUT2D eigenvalue weighted by molar-refractivity contribution is -0.128. The fourth-order valence-electron chi connectivity index (χ4n) is 3.86. The standard InChI is InChI=1S/C19H26N2O3/c1-12(2)9-16(22)21-17(23)14-3-4-15-11-19(6-5-13(15)10-14)7-8-20-18(19)24/h3-4,10,12,16,22H,5-9,11H2,1-2H3,(H,20,24)(H,21,23)/t16-,19?/m0/s1. The van der Waals surface area contributed by atoms with Gasteiger partial charge >= 0.3 is 0 Å². The number of hydrogen-bond donors (Lipinski definition) is 3. The third-order valence-corrected chi connectivity index (χ3v) is 5.23. The zero-order chi connectivity index (χ0) is 17.3. The van der Waals surface area contributed by atoms with Crippen molar-refractivity contribution in [3.63, 3.8) is 0 Å². The van der Waals surface area contributed by atoms with Crippen LogP contribution in [0.25, 0.3) is 0 Å². The molecule has 1 aromatic carbocycles. The lowest BCUT2D eigenvalue weighted by atomic mass is 9.70. The monoisotopic (exact) mass is 330 g/mol. The molecule has 0 aromatic heterocycles. The number of carbonyl (C=O) groups excluding carboxylic acids is 2. The van der Waals surface area contributed by atoms with E-state index in [0.29, 0.717) is 17.9 Å². The predicted octanol–water partition coefficient (Wildman–Crippen LogP) is 1.78. The van der Waals surface area contributed by atoms with Crippen molar-refractivity contribution in [3.8, 4) is 0 Å². The minimum Gasteiger partial charge on any atom is -0.374 e. The Morgan fingerprint density at radius 2 is 2.12 bits per heavy atom. The van der Waals surface area contributed by atoms with E-state index in [2.05, 4.69) is 10.6 Å². The number of aryl methyl sites for hydroxylation is 1. The Morgan fingerprint density at radius 3 is 2.79 bits per heavy atom. The molecular formula is C19H26N2O3. The number of carbonyl (C=O) groups is 2. The molecule has 1 heterocycles. The van der Waals surface area contributed by atoms with E-state index in [9.17, 15) is 14.7 Å². The molecule has 1 fully saturated rings. The van der Waals surface area contributed by atoms with Gasteiger partial charge in [-0.2, -0.15) is 0 Å². The molecule has 2 aliphatic rings. The first kappa shape index (κ1) is 17.0. The molecule has 0 radical (unpaired) electrons. The summed E-state index contributed by atoms with van der Waals surface area (Å²) in [6.07, 6.45) is 3.03. The first-order chi connectivity index (χ1) is 11.4. The summed E-state index contributed by atoms with van der Waals surface area (Å²) < 4.78 is 0. The molecule has 1 aromatic rings. The van der Waals surface area contributed by atoms with E-state index < -0.39 is 6.23 Å². The lowest BCUT2D eigenvalue weighted by Crippen LogP contribution is -2.37. The maximum atomic E-state index is 12.3. The summed E-state index contributed by atoms with van der Waals surface area (Å²) >= 11 is 0. The SMILES string of the molecule is CC(C)C[C@H](O)NC(=O)c1ccc2c(c1)CCC1(CCNC1=O)C2. The highest BCUT2D eigenvalue weighted by Gasteiger charge is 2.44. The number of amides is 2. The molecule has 24 heavy (non-hydrogen) atoms. The molecule has 0 saturated carbocycles. The highest BCUT2D eigenvalue weighted by molar-refractivity contribution is 5.94. The van der Waals surface area contributed by atoms with Gasteiger partial charge in [0, 0.05) is 12.1 Å². The molecule has 0 bridgehead atoms. The zero-order valence-electron chi connectivity index (χ0n) is 14.4. The Bertz CT molecular complexity index is 656. The van der Waals surface area contributed by atoms with Gasteiger partial charge in [0.25, 0.3) is 5.91 Å². The first-order valence-electron chi connectivity index (χ1n) is 8.79. The number of fused-ring (bicyclic) bond motifs is 1. The molecule has 1 saturated heterocycles. The van der Waals surface area contributed by atoms with Gasteiger partial charge in [0.1, 0.15) is 6.23 Å². The minimum absolute atomic E-state index is 0.173. The second-order valence-corrected chi connectivity index (χ2v) is 7.57. The summed E-state index contributed by atoms with van der Waals surface area (Å²) in [7, 11) is 0. The molecule has 3 N–H and O–H groups in total. The average molecular weight is 330 g/mol. The number of aliphatic hydroxyl groups excluding tert-OH is 1. The van der Waals surface area contributed by atoms with Crippen LogP contribution >= 0.6 is 0 Å². The molecule has 1 unspecified atom stereocenters. The highest BCUT2D eigenvalue weighted by Crippen LogP contribution is 2.41. The molecule has 5 heteroatoms. The summed E-state index contributed by atoms with van der Waals surface area (Å²) in [6.45, 7) is 4.77. The fraction of sp³-hybridized carbons (Fsp3) is 0.579. The number of rotatable bonds is 4. The third-order valence-electron chi connectivity index (χ3n) is 5.23. The van der Waals surface area contributed by atoms with Gasteiger partial charge in [-0.25, -0.2) is 0 Å². The lowest BCUT2D eigenvalue weighted by Gasteiger charge is -2.32. The van der Waals surface area contributed by atoms with Gasteiger partial charge in [0.15, 0.2) is 0 Å². The van der Waals surface area contributed by atoms with Crippen LogP contribution in [-0.2, 0) is 17.6 Å². The van der Waals surface area contributed by atoms with Crippen molar-refractivity contribution in [2.45, 2.75) is 52.2 Å². The number of hydrogen-bond acceptors (Lipinski definition) is 3. The Kier molecular flexibility index (Phi) is 4.63. The summed E-state index contributed by atoms with van der Waals surface area (Å²) in [4.78, 5) is 24.4. The van der Waals surface area contributed by atoms with E-state index in [4.69, 9.17) is 0 Å². The maximum Gasteiger partial charge on any atom is 0.253 e. The maximum absolute atomic E-state index is 12.3. The normalized spacial score (nSPS) is 23.9. The van der Waals surface area contributed by atoms with Crippen LogP contribution in [-0.4, -0.2) is 29.7 Å². The van der Waals surface area contributed by atoms with Crippen molar-refractivity contribution in [2.75, 3.05) is 6.54 Å². The molecule has 1 spiro atoms. The van der Waals surface area contributed by atoms with Crippen LogP contribution in [0.5, 0.6) is 0 Å². The number of nitrogens with one attached hydrogen (secondary N) is 2. The predicted molar refractivity (Wildman–Crippen MR) is 91.5 cm³/mol. The number of benzene rings is 1. The van der Waals surface area contributed by atoms with Crippen molar-refractivity contribution in [2.24, 2.45) is 11.3 Å². The molecule has 1 aliphatic carbocycles. The van der Waals surface area contributed by atoms with Crippen LogP contribution in [0, 0.1) is 11.3 Å².